The zero-order chi connectivity index (χ0) is 27.4. The number of carbonyl (C=O) groups excluding carboxylic acids is 2. The summed E-state index contributed by atoms with van der Waals surface area (Å²) in [6, 6.07) is 27.6. The predicted octanol–water partition coefficient (Wildman–Crippen LogP) is 5.70. The molecule has 0 aliphatic carbocycles. The van der Waals surface area contributed by atoms with Crippen molar-refractivity contribution in [3.63, 3.8) is 0 Å². The molecule has 39 heavy (non-hydrogen) atoms. The lowest BCUT2D eigenvalue weighted by molar-refractivity contribution is -0.130. The van der Waals surface area contributed by atoms with Crippen LogP contribution in [0, 0.1) is 5.41 Å². The highest BCUT2D eigenvalue weighted by Crippen LogP contribution is 2.64. The molecule has 2 amide bonds. The first-order valence-corrected chi connectivity index (χ1v) is 14.2. The van der Waals surface area contributed by atoms with E-state index in [0.29, 0.717) is 23.4 Å². The Hall–Kier alpha value is -3.59. The van der Waals surface area contributed by atoms with Crippen LogP contribution in [0.2, 0.25) is 0 Å². The molecule has 6 nitrogen and oxygen atoms in total. The second kappa shape index (κ2) is 9.26. The minimum absolute atomic E-state index is 0.118. The van der Waals surface area contributed by atoms with Gasteiger partial charge in [0.1, 0.15) is 0 Å². The first kappa shape index (κ1) is 25.7. The number of carbonyl (C=O) groups is 2. The van der Waals surface area contributed by atoms with Crippen molar-refractivity contribution in [2.75, 3.05) is 11.4 Å². The Kier molecular flexibility index (Phi) is 6.09. The Labute approximate surface area is 235 Å². The summed E-state index contributed by atoms with van der Waals surface area (Å²) < 4.78 is 6.42. The Bertz CT molecular complexity index is 1520. The molecule has 1 fully saturated rings. The van der Waals surface area contributed by atoms with Gasteiger partial charge >= 0.3 is 0 Å². The molecule has 2 aliphatic heterocycles. The van der Waals surface area contributed by atoms with Crippen LogP contribution < -0.4 is 4.90 Å². The monoisotopic (exact) mass is 550 g/mol. The van der Waals surface area contributed by atoms with Crippen molar-refractivity contribution in [3.8, 4) is 0 Å². The highest BCUT2D eigenvalue weighted by atomic mass is 32.1. The van der Waals surface area contributed by atoms with Crippen LogP contribution in [-0.4, -0.2) is 38.7 Å². The minimum atomic E-state index is -0.907. The number of fused-ring (bicyclic) bond motifs is 1. The molecule has 1 aromatic heterocycles. The average molecular weight is 551 g/mol. The lowest BCUT2D eigenvalue weighted by atomic mass is 9.50. The van der Waals surface area contributed by atoms with Crippen molar-refractivity contribution >= 4 is 38.8 Å². The van der Waals surface area contributed by atoms with E-state index >= 15 is 0 Å². The molecule has 4 aromatic rings. The standard InChI is InChI=1S/C31H28N3O3SSi/c1-29(2,3)30(21-12-6-4-7-13-21)20-34(31(30,37-39)22-14-8-5-9-15-22)28-32-23(19-38-28)18-33-26(35)24-16-10-11-17-25(24)27(33)36/h4-17,19H,18,20H2,1-3H3. The number of hydrogen-bond acceptors (Lipinski definition) is 6. The van der Waals surface area contributed by atoms with Crippen LogP contribution in [0.3, 0.4) is 0 Å². The first-order chi connectivity index (χ1) is 18.7. The Morgan fingerprint density at radius 2 is 1.41 bits per heavy atom. The van der Waals surface area contributed by atoms with E-state index in [2.05, 4.69) is 72.6 Å². The van der Waals surface area contributed by atoms with Crippen molar-refractivity contribution in [3.05, 3.63) is 118 Å². The SMILES string of the molecule is CC(C)(C)C1(c2ccccc2)CN(c2nc(CN3C(=O)c4ccccc4C3=O)cs2)C1(O[Si])c1ccccc1. The van der Waals surface area contributed by atoms with Gasteiger partial charge in [-0.3, -0.25) is 14.5 Å². The van der Waals surface area contributed by atoms with Gasteiger partial charge in [0.2, 0.25) is 10.5 Å². The van der Waals surface area contributed by atoms with Gasteiger partial charge in [-0.25, -0.2) is 4.98 Å². The van der Waals surface area contributed by atoms with E-state index in [1.165, 1.54) is 21.8 Å². The molecule has 3 heterocycles. The zero-order valence-corrected chi connectivity index (χ0v) is 23.9. The van der Waals surface area contributed by atoms with Gasteiger partial charge in [0, 0.05) is 17.5 Å². The average Bonchev–Trinajstić information content (AvgIpc) is 3.48. The van der Waals surface area contributed by atoms with E-state index in [1.807, 2.05) is 29.6 Å². The minimum Gasteiger partial charge on any atom is -0.392 e. The molecule has 2 unspecified atom stereocenters. The summed E-state index contributed by atoms with van der Waals surface area (Å²) in [5.74, 6) is -0.570. The Morgan fingerprint density at radius 1 is 0.872 bits per heavy atom. The maximum atomic E-state index is 13.0. The van der Waals surface area contributed by atoms with Crippen LogP contribution >= 0.6 is 11.3 Å². The molecular formula is C31H28N3O3SSi. The number of amides is 2. The number of aromatic nitrogens is 1. The second-order valence-corrected chi connectivity index (χ2v) is 12.1. The summed E-state index contributed by atoms with van der Waals surface area (Å²) in [5.41, 5.74) is 2.18. The largest absolute Gasteiger partial charge is 0.392 e. The van der Waals surface area contributed by atoms with Gasteiger partial charge in [0.15, 0.2) is 10.9 Å². The third-order valence-corrected chi connectivity index (χ3v) is 9.39. The molecule has 2 aliphatic rings. The number of anilines is 1. The van der Waals surface area contributed by atoms with E-state index < -0.39 is 11.1 Å². The third kappa shape index (κ3) is 3.58. The summed E-state index contributed by atoms with van der Waals surface area (Å²) in [4.78, 5) is 34.3. The molecule has 1 saturated heterocycles. The number of hydrogen-bond donors (Lipinski definition) is 0. The number of rotatable bonds is 6. The van der Waals surface area contributed by atoms with Crippen LogP contribution in [0.1, 0.15) is 58.3 Å². The van der Waals surface area contributed by atoms with Gasteiger partial charge in [-0.1, -0.05) is 93.6 Å². The maximum absolute atomic E-state index is 13.0. The molecule has 0 bridgehead atoms. The zero-order valence-electron chi connectivity index (χ0n) is 22.0. The van der Waals surface area contributed by atoms with Gasteiger partial charge in [-0.05, 0) is 23.1 Å². The molecular weight excluding hydrogens is 523 g/mol. The fraction of sp³-hybridized carbons (Fsp3) is 0.258. The number of imide groups is 1. The van der Waals surface area contributed by atoms with Crippen LogP contribution in [-0.2, 0) is 22.1 Å². The van der Waals surface area contributed by atoms with Crippen molar-refractivity contribution < 1.29 is 14.0 Å². The van der Waals surface area contributed by atoms with Crippen molar-refractivity contribution in [2.45, 2.75) is 38.5 Å². The molecule has 0 saturated carbocycles. The molecule has 8 heteroatoms. The summed E-state index contributed by atoms with van der Waals surface area (Å²) in [6.45, 7) is 7.52. The summed E-state index contributed by atoms with van der Waals surface area (Å²) in [6.07, 6.45) is 0. The van der Waals surface area contributed by atoms with Crippen LogP contribution in [0.5, 0.6) is 0 Å². The van der Waals surface area contributed by atoms with E-state index in [0.717, 1.165) is 10.7 Å². The molecule has 6 rings (SSSR count). The summed E-state index contributed by atoms with van der Waals surface area (Å²) in [7, 11) is 3.53. The van der Waals surface area contributed by atoms with Crippen LogP contribution in [0.15, 0.2) is 90.3 Å². The number of benzene rings is 3. The first-order valence-electron chi connectivity index (χ1n) is 12.9. The summed E-state index contributed by atoms with van der Waals surface area (Å²) in [5, 5.41) is 2.68. The molecule has 3 radical (unpaired) electrons. The van der Waals surface area contributed by atoms with E-state index in [1.54, 1.807) is 24.3 Å². The smallest absolute Gasteiger partial charge is 0.261 e. The van der Waals surface area contributed by atoms with Gasteiger partial charge < -0.3 is 9.33 Å². The molecule has 0 spiro atoms. The number of thiazole rings is 1. The topological polar surface area (TPSA) is 62.7 Å². The fourth-order valence-electron chi connectivity index (χ4n) is 6.29. The lowest BCUT2D eigenvalue weighted by Gasteiger charge is -2.70. The van der Waals surface area contributed by atoms with Crippen molar-refractivity contribution in [2.24, 2.45) is 5.41 Å². The quantitative estimate of drug-likeness (QED) is 0.228. The van der Waals surface area contributed by atoms with Gasteiger partial charge in [-0.2, -0.15) is 0 Å². The number of nitrogens with zero attached hydrogens (tertiary/aromatic N) is 3. The van der Waals surface area contributed by atoms with Gasteiger partial charge in [0.05, 0.1) is 28.8 Å². The molecule has 3 aromatic carbocycles. The highest BCUT2D eigenvalue weighted by Gasteiger charge is 2.71. The Balaban J connectivity index is 1.41. The third-order valence-electron chi connectivity index (χ3n) is 8.18. The lowest BCUT2D eigenvalue weighted by Crippen LogP contribution is -2.79. The fourth-order valence-corrected chi connectivity index (χ4v) is 7.55. The van der Waals surface area contributed by atoms with E-state index in [4.69, 9.17) is 9.41 Å². The van der Waals surface area contributed by atoms with Crippen LogP contribution in [0.4, 0.5) is 5.13 Å². The van der Waals surface area contributed by atoms with E-state index in [9.17, 15) is 9.59 Å². The van der Waals surface area contributed by atoms with Crippen molar-refractivity contribution in [1.82, 2.24) is 9.88 Å². The highest BCUT2D eigenvalue weighted by molar-refractivity contribution is 7.13. The van der Waals surface area contributed by atoms with Crippen LogP contribution in [0.25, 0.3) is 0 Å². The van der Waals surface area contributed by atoms with Gasteiger partial charge in [-0.15, -0.1) is 11.3 Å². The normalized spacial score (nSPS) is 22.7. The van der Waals surface area contributed by atoms with Crippen molar-refractivity contribution in [1.29, 1.82) is 0 Å². The van der Waals surface area contributed by atoms with E-state index in [-0.39, 0.29) is 23.8 Å². The molecule has 0 N–H and O–H groups in total. The molecule has 2 atom stereocenters. The molecule has 195 valence electrons. The summed E-state index contributed by atoms with van der Waals surface area (Å²) >= 11 is 1.49. The maximum Gasteiger partial charge on any atom is 0.261 e. The Morgan fingerprint density at radius 3 is 1.95 bits per heavy atom. The van der Waals surface area contributed by atoms with Gasteiger partial charge in [0.25, 0.3) is 11.8 Å². The second-order valence-electron chi connectivity index (χ2n) is 11.1. The predicted molar refractivity (Wildman–Crippen MR) is 153 cm³/mol.